The van der Waals surface area contributed by atoms with E-state index in [-0.39, 0.29) is 0 Å². The lowest BCUT2D eigenvalue weighted by Gasteiger charge is -2.16. The van der Waals surface area contributed by atoms with Crippen LogP contribution in [0.1, 0.15) is 12.0 Å². The highest BCUT2D eigenvalue weighted by atomic mass is 16.5. The Labute approximate surface area is 108 Å². The van der Waals surface area contributed by atoms with Crippen molar-refractivity contribution < 1.29 is 4.74 Å². The molecule has 18 heavy (non-hydrogen) atoms. The summed E-state index contributed by atoms with van der Waals surface area (Å²) in [6.07, 6.45) is 1.22. The smallest absolute Gasteiger partial charge is 0.119 e. The number of ether oxygens (including phenoxy) is 1. The number of rotatable bonds is 5. The van der Waals surface area contributed by atoms with E-state index in [1.807, 2.05) is 19.2 Å². The monoisotopic (exact) mass is 245 g/mol. The maximum absolute atomic E-state index is 8.69. The molecule has 1 unspecified atom stereocenters. The van der Waals surface area contributed by atoms with Crippen molar-refractivity contribution in [1.29, 1.82) is 5.26 Å². The Morgan fingerprint density at radius 1 is 1.44 bits per heavy atom. The van der Waals surface area contributed by atoms with Gasteiger partial charge >= 0.3 is 0 Å². The second kappa shape index (κ2) is 6.39. The predicted octanol–water partition coefficient (Wildman–Crippen LogP) is 1.23. The van der Waals surface area contributed by atoms with Crippen molar-refractivity contribution in [3.8, 4) is 11.8 Å². The second-order valence-electron chi connectivity index (χ2n) is 4.56. The fraction of sp³-hybridized carbons (Fsp3) is 0.500. The number of benzene rings is 1. The molecule has 0 aromatic heterocycles. The van der Waals surface area contributed by atoms with Gasteiger partial charge in [-0.15, -0.1) is 0 Å². The lowest BCUT2D eigenvalue weighted by Crippen LogP contribution is -2.31. The molecule has 1 saturated heterocycles. The van der Waals surface area contributed by atoms with E-state index >= 15 is 0 Å². The van der Waals surface area contributed by atoms with Gasteiger partial charge in [0.25, 0.3) is 0 Å². The highest BCUT2D eigenvalue weighted by Crippen LogP contribution is 2.12. The van der Waals surface area contributed by atoms with E-state index in [2.05, 4.69) is 16.3 Å². The molecule has 1 aromatic carbocycles. The Bertz CT molecular complexity index is 410. The number of likely N-dealkylation sites (N-methyl/N-ethyl adjacent to an activating group) is 1. The molecule has 0 saturated carbocycles. The van der Waals surface area contributed by atoms with Gasteiger partial charge in [0.15, 0.2) is 0 Å². The third kappa shape index (κ3) is 3.46. The molecule has 1 fully saturated rings. The van der Waals surface area contributed by atoms with Gasteiger partial charge in [0.2, 0.25) is 0 Å². The summed E-state index contributed by atoms with van der Waals surface area (Å²) in [5.74, 6) is 0.832. The molecule has 0 aliphatic carbocycles. The van der Waals surface area contributed by atoms with Crippen LogP contribution in [-0.2, 0) is 0 Å². The van der Waals surface area contributed by atoms with E-state index in [1.54, 1.807) is 12.1 Å². The fourth-order valence-electron chi connectivity index (χ4n) is 2.19. The van der Waals surface area contributed by atoms with Crippen LogP contribution in [0.25, 0.3) is 0 Å². The number of hydrogen-bond acceptors (Lipinski definition) is 4. The highest BCUT2D eigenvalue weighted by molar-refractivity contribution is 5.34. The van der Waals surface area contributed by atoms with Crippen LogP contribution in [-0.4, -0.2) is 44.2 Å². The predicted molar refractivity (Wildman–Crippen MR) is 70.6 cm³/mol. The molecule has 96 valence electrons. The summed E-state index contributed by atoms with van der Waals surface area (Å²) in [6.45, 7) is 3.90. The van der Waals surface area contributed by atoms with E-state index < -0.39 is 0 Å². The Kier molecular flexibility index (Phi) is 4.57. The average Bonchev–Trinajstić information content (AvgIpc) is 2.87. The van der Waals surface area contributed by atoms with Crippen LogP contribution in [0.15, 0.2) is 24.3 Å². The molecule has 4 nitrogen and oxygen atoms in total. The molecule has 0 bridgehead atoms. The van der Waals surface area contributed by atoms with Crippen molar-refractivity contribution in [2.24, 2.45) is 0 Å². The lowest BCUT2D eigenvalue weighted by molar-refractivity contribution is 0.235. The number of nitriles is 1. The zero-order valence-corrected chi connectivity index (χ0v) is 10.7. The molecule has 1 aliphatic heterocycles. The maximum Gasteiger partial charge on any atom is 0.119 e. The van der Waals surface area contributed by atoms with E-state index in [0.29, 0.717) is 18.2 Å². The molecule has 1 heterocycles. The Morgan fingerprint density at radius 2 is 2.22 bits per heavy atom. The van der Waals surface area contributed by atoms with Crippen molar-refractivity contribution in [2.45, 2.75) is 12.5 Å². The van der Waals surface area contributed by atoms with Gasteiger partial charge in [-0.1, -0.05) is 0 Å². The minimum absolute atomic E-state index is 0.625. The van der Waals surface area contributed by atoms with Crippen molar-refractivity contribution in [1.82, 2.24) is 10.2 Å². The Hall–Kier alpha value is -1.57. The maximum atomic E-state index is 8.69. The van der Waals surface area contributed by atoms with Gasteiger partial charge in [-0.2, -0.15) is 5.26 Å². The third-order valence-electron chi connectivity index (χ3n) is 3.34. The summed E-state index contributed by atoms with van der Waals surface area (Å²) in [4.78, 5) is 2.41. The van der Waals surface area contributed by atoms with Crippen LogP contribution < -0.4 is 10.1 Å². The first-order chi connectivity index (χ1) is 8.81. The first-order valence-electron chi connectivity index (χ1n) is 6.34. The van der Waals surface area contributed by atoms with Crippen LogP contribution in [0.2, 0.25) is 0 Å². The van der Waals surface area contributed by atoms with Gasteiger partial charge in [0.05, 0.1) is 11.6 Å². The highest BCUT2D eigenvalue weighted by Gasteiger charge is 2.20. The summed E-state index contributed by atoms with van der Waals surface area (Å²) in [7, 11) is 2.02. The quantitative estimate of drug-likeness (QED) is 0.847. The SMILES string of the molecule is CNC1CCN(CCOc2ccc(C#N)cc2)C1. The minimum Gasteiger partial charge on any atom is -0.492 e. The van der Waals surface area contributed by atoms with E-state index in [0.717, 1.165) is 25.4 Å². The van der Waals surface area contributed by atoms with Crippen molar-refractivity contribution in [2.75, 3.05) is 33.3 Å². The summed E-state index contributed by atoms with van der Waals surface area (Å²) in [5.41, 5.74) is 0.666. The molecular weight excluding hydrogens is 226 g/mol. The van der Waals surface area contributed by atoms with E-state index in [4.69, 9.17) is 10.00 Å². The second-order valence-corrected chi connectivity index (χ2v) is 4.56. The number of nitrogens with zero attached hydrogens (tertiary/aromatic N) is 2. The first-order valence-corrected chi connectivity index (χ1v) is 6.34. The summed E-state index contributed by atoms with van der Waals surface area (Å²) in [6, 6.07) is 9.97. The van der Waals surface area contributed by atoms with E-state index in [1.165, 1.54) is 6.42 Å². The van der Waals surface area contributed by atoms with Gasteiger partial charge < -0.3 is 10.1 Å². The summed E-state index contributed by atoms with van der Waals surface area (Å²) >= 11 is 0. The molecule has 0 amide bonds. The molecule has 1 N–H and O–H groups in total. The molecule has 1 atom stereocenters. The van der Waals surface area contributed by atoms with Gasteiger partial charge in [-0.05, 0) is 44.3 Å². The van der Waals surface area contributed by atoms with Gasteiger partial charge in [-0.25, -0.2) is 0 Å². The number of nitrogens with one attached hydrogen (secondary N) is 1. The van der Waals surface area contributed by atoms with Crippen molar-refractivity contribution in [3.05, 3.63) is 29.8 Å². The van der Waals surface area contributed by atoms with Crippen LogP contribution in [0.3, 0.4) is 0 Å². The van der Waals surface area contributed by atoms with Crippen molar-refractivity contribution >= 4 is 0 Å². The molecule has 1 aromatic rings. The van der Waals surface area contributed by atoms with Crippen LogP contribution in [0.4, 0.5) is 0 Å². The Balaban J connectivity index is 1.70. The van der Waals surface area contributed by atoms with Crippen LogP contribution in [0.5, 0.6) is 5.75 Å². The zero-order chi connectivity index (χ0) is 12.8. The normalized spacial score (nSPS) is 19.7. The summed E-state index contributed by atoms with van der Waals surface area (Å²) < 4.78 is 5.66. The molecule has 1 aliphatic rings. The van der Waals surface area contributed by atoms with Crippen LogP contribution in [0, 0.1) is 11.3 Å². The van der Waals surface area contributed by atoms with Gasteiger partial charge in [-0.3, -0.25) is 4.90 Å². The van der Waals surface area contributed by atoms with Crippen LogP contribution >= 0.6 is 0 Å². The fourth-order valence-corrected chi connectivity index (χ4v) is 2.19. The lowest BCUT2D eigenvalue weighted by atomic mass is 10.2. The third-order valence-corrected chi connectivity index (χ3v) is 3.34. The molecule has 0 spiro atoms. The van der Waals surface area contributed by atoms with Gasteiger partial charge in [0.1, 0.15) is 12.4 Å². The molecular formula is C14H19N3O. The largest absolute Gasteiger partial charge is 0.492 e. The van der Waals surface area contributed by atoms with Gasteiger partial charge in [0, 0.05) is 19.1 Å². The zero-order valence-electron chi connectivity index (χ0n) is 10.7. The molecule has 4 heteroatoms. The number of hydrogen-bond donors (Lipinski definition) is 1. The van der Waals surface area contributed by atoms with E-state index in [9.17, 15) is 0 Å². The summed E-state index contributed by atoms with van der Waals surface area (Å²) in [5, 5.41) is 12.0. The topological polar surface area (TPSA) is 48.3 Å². The standard InChI is InChI=1S/C14H19N3O/c1-16-13-6-7-17(11-13)8-9-18-14-4-2-12(10-15)3-5-14/h2-5,13,16H,6-9,11H2,1H3. The first kappa shape index (κ1) is 12.9. The molecule has 0 radical (unpaired) electrons. The average molecular weight is 245 g/mol. The number of likely N-dealkylation sites (tertiary alicyclic amines) is 1. The van der Waals surface area contributed by atoms with Crippen molar-refractivity contribution in [3.63, 3.8) is 0 Å². The minimum atomic E-state index is 0.625. The molecule has 2 rings (SSSR count). The Morgan fingerprint density at radius 3 is 2.83 bits per heavy atom.